The van der Waals surface area contributed by atoms with Gasteiger partial charge in [0.15, 0.2) is 5.69 Å². The van der Waals surface area contributed by atoms with Crippen molar-refractivity contribution in [1.82, 2.24) is 19.5 Å². The molecule has 21 heavy (non-hydrogen) atoms. The summed E-state index contributed by atoms with van der Waals surface area (Å²) in [6.45, 7) is 4.21. The molecule has 0 aliphatic carbocycles. The monoisotopic (exact) mass is 289 g/mol. The van der Waals surface area contributed by atoms with Gasteiger partial charge in [-0.05, 0) is 24.8 Å². The van der Waals surface area contributed by atoms with Crippen molar-refractivity contribution >= 4 is 11.4 Å². The second kappa shape index (κ2) is 5.33. The van der Waals surface area contributed by atoms with E-state index < -0.39 is 0 Å². The number of carbonyl (C=O) groups excluding carboxylic acids is 1. The lowest BCUT2D eigenvalue weighted by Gasteiger charge is -2.14. The summed E-state index contributed by atoms with van der Waals surface area (Å²) in [7, 11) is 0. The predicted octanol–water partition coefficient (Wildman–Crippen LogP) is 0.0795. The SMILES string of the molecule is C[C@@H]1CN(C(=O)c2cc3c(=O)[nH]ccn3n2)C[C@H]1CCN. The van der Waals surface area contributed by atoms with E-state index in [2.05, 4.69) is 17.0 Å². The van der Waals surface area contributed by atoms with E-state index in [0.717, 1.165) is 6.42 Å². The van der Waals surface area contributed by atoms with E-state index in [1.165, 1.54) is 10.7 Å². The van der Waals surface area contributed by atoms with E-state index in [1.807, 2.05) is 0 Å². The van der Waals surface area contributed by atoms with Gasteiger partial charge in [-0.25, -0.2) is 4.52 Å². The van der Waals surface area contributed by atoms with Gasteiger partial charge in [0.1, 0.15) is 5.52 Å². The zero-order valence-corrected chi connectivity index (χ0v) is 12.0. The zero-order chi connectivity index (χ0) is 15.0. The molecule has 1 aliphatic heterocycles. The maximum atomic E-state index is 12.5. The fraction of sp³-hybridized carbons (Fsp3) is 0.500. The van der Waals surface area contributed by atoms with Crippen molar-refractivity contribution < 1.29 is 4.79 Å². The number of nitrogens with one attached hydrogen (secondary N) is 1. The fourth-order valence-corrected chi connectivity index (χ4v) is 2.99. The number of nitrogens with two attached hydrogens (primary N) is 1. The van der Waals surface area contributed by atoms with E-state index in [-0.39, 0.29) is 11.5 Å². The Hall–Kier alpha value is -2.15. The van der Waals surface area contributed by atoms with Crippen LogP contribution in [-0.4, -0.2) is 45.0 Å². The lowest BCUT2D eigenvalue weighted by molar-refractivity contribution is 0.0778. The number of H-pyrrole nitrogens is 1. The summed E-state index contributed by atoms with van der Waals surface area (Å²) in [5.74, 6) is 0.766. The van der Waals surface area contributed by atoms with Crippen molar-refractivity contribution in [2.24, 2.45) is 17.6 Å². The van der Waals surface area contributed by atoms with Gasteiger partial charge in [-0.2, -0.15) is 5.10 Å². The van der Waals surface area contributed by atoms with Gasteiger partial charge in [0, 0.05) is 31.5 Å². The first-order chi connectivity index (χ1) is 10.1. The van der Waals surface area contributed by atoms with Gasteiger partial charge < -0.3 is 15.6 Å². The fourth-order valence-electron chi connectivity index (χ4n) is 2.99. The second-order valence-electron chi connectivity index (χ2n) is 5.67. The highest BCUT2D eigenvalue weighted by molar-refractivity contribution is 5.93. The van der Waals surface area contributed by atoms with Crippen molar-refractivity contribution in [3.63, 3.8) is 0 Å². The van der Waals surface area contributed by atoms with Gasteiger partial charge in [-0.1, -0.05) is 6.92 Å². The van der Waals surface area contributed by atoms with Crippen LogP contribution in [0.15, 0.2) is 23.3 Å². The van der Waals surface area contributed by atoms with E-state index in [9.17, 15) is 9.59 Å². The lowest BCUT2D eigenvalue weighted by atomic mass is 9.95. The molecule has 0 bridgehead atoms. The number of rotatable bonds is 3. The molecular formula is C14H19N5O2. The van der Waals surface area contributed by atoms with Crippen molar-refractivity contribution in [2.45, 2.75) is 13.3 Å². The molecule has 1 aliphatic rings. The van der Waals surface area contributed by atoms with Crippen LogP contribution in [0.3, 0.4) is 0 Å². The number of nitrogens with zero attached hydrogens (tertiary/aromatic N) is 3. The Bertz CT molecular complexity index is 719. The molecule has 2 aromatic rings. The third-order valence-corrected chi connectivity index (χ3v) is 4.21. The average Bonchev–Trinajstić information content (AvgIpc) is 3.04. The highest BCUT2D eigenvalue weighted by Gasteiger charge is 2.33. The number of amides is 1. The van der Waals surface area contributed by atoms with Gasteiger partial charge >= 0.3 is 0 Å². The van der Waals surface area contributed by atoms with Crippen LogP contribution < -0.4 is 11.3 Å². The van der Waals surface area contributed by atoms with Gasteiger partial charge in [0.05, 0.1) is 0 Å². The van der Waals surface area contributed by atoms with Crippen molar-refractivity contribution in [3.05, 3.63) is 34.5 Å². The molecule has 0 aromatic carbocycles. The molecule has 112 valence electrons. The van der Waals surface area contributed by atoms with Gasteiger partial charge in [-0.3, -0.25) is 9.59 Å². The van der Waals surface area contributed by atoms with Crippen LogP contribution in [0.4, 0.5) is 0 Å². The normalized spacial score (nSPS) is 22.1. The lowest BCUT2D eigenvalue weighted by Crippen LogP contribution is -2.29. The molecule has 2 atom stereocenters. The average molecular weight is 289 g/mol. The van der Waals surface area contributed by atoms with E-state index in [0.29, 0.717) is 42.7 Å². The molecule has 0 unspecified atom stereocenters. The molecule has 7 nitrogen and oxygen atoms in total. The Kier molecular flexibility index (Phi) is 3.50. The van der Waals surface area contributed by atoms with Crippen LogP contribution in [-0.2, 0) is 0 Å². The standard InChI is InChI=1S/C14H19N5O2/c1-9-7-18(8-10(9)2-3-15)14(21)11-6-12-13(20)16-4-5-19(12)17-11/h4-6,9-10H,2-3,7-8,15H2,1H3,(H,16,20)/t9-,10-/m1/s1. The van der Waals surface area contributed by atoms with Crippen molar-refractivity contribution in [2.75, 3.05) is 19.6 Å². The van der Waals surface area contributed by atoms with Crippen molar-refractivity contribution in [1.29, 1.82) is 0 Å². The molecule has 0 spiro atoms. The van der Waals surface area contributed by atoms with Gasteiger partial charge in [0.25, 0.3) is 11.5 Å². The summed E-state index contributed by atoms with van der Waals surface area (Å²) >= 11 is 0. The van der Waals surface area contributed by atoms with Gasteiger partial charge in [0.2, 0.25) is 0 Å². The van der Waals surface area contributed by atoms with E-state index >= 15 is 0 Å². The van der Waals surface area contributed by atoms with Gasteiger partial charge in [-0.15, -0.1) is 0 Å². The number of carbonyl (C=O) groups is 1. The van der Waals surface area contributed by atoms with Crippen LogP contribution in [0.5, 0.6) is 0 Å². The Morgan fingerprint density at radius 1 is 1.52 bits per heavy atom. The number of likely N-dealkylation sites (tertiary alicyclic amines) is 1. The third kappa shape index (κ3) is 2.44. The summed E-state index contributed by atoms with van der Waals surface area (Å²) < 4.78 is 1.43. The third-order valence-electron chi connectivity index (χ3n) is 4.21. The van der Waals surface area contributed by atoms with Crippen molar-refractivity contribution in [3.8, 4) is 0 Å². The number of hydrogen-bond donors (Lipinski definition) is 2. The molecule has 1 amide bonds. The summed E-state index contributed by atoms with van der Waals surface area (Å²) in [5.41, 5.74) is 6.06. The van der Waals surface area contributed by atoms with Crippen LogP contribution in [0, 0.1) is 11.8 Å². The molecule has 0 radical (unpaired) electrons. The second-order valence-corrected chi connectivity index (χ2v) is 5.67. The van der Waals surface area contributed by atoms with E-state index in [1.54, 1.807) is 17.2 Å². The number of aromatic nitrogens is 3. The molecule has 1 saturated heterocycles. The highest BCUT2D eigenvalue weighted by Crippen LogP contribution is 2.26. The Labute approximate surface area is 121 Å². The first-order valence-electron chi connectivity index (χ1n) is 7.16. The summed E-state index contributed by atoms with van der Waals surface area (Å²) in [4.78, 5) is 28.6. The minimum absolute atomic E-state index is 0.121. The molecule has 7 heteroatoms. The molecule has 3 N–H and O–H groups in total. The summed E-state index contributed by atoms with van der Waals surface area (Å²) in [6.07, 6.45) is 4.05. The summed E-state index contributed by atoms with van der Waals surface area (Å²) in [6, 6.07) is 1.54. The zero-order valence-electron chi connectivity index (χ0n) is 12.0. The Morgan fingerprint density at radius 3 is 3.05 bits per heavy atom. The number of aromatic amines is 1. The predicted molar refractivity (Wildman–Crippen MR) is 78.0 cm³/mol. The smallest absolute Gasteiger partial charge is 0.274 e. The number of hydrogen-bond acceptors (Lipinski definition) is 4. The molecule has 2 aromatic heterocycles. The largest absolute Gasteiger partial charge is 0.337 e. The maximum absolute atomic E-state index is 12.5. The minimum Gasteiger partial charge on any atom is -0.337 e. The minimum atomic E-state index is -0.250. The van der Waals surface area contributed by atoms with Crippen LogP contribution >= 0.6 is 0 Å². The topological polar surface area (TPSA) is 96.5 Å². The van der Waals surface area contributed by atoms with E-state index in [4.69, 9.17) is 5.73 Å². The first kappa shape index (κ1) is 13.8. The molecule has 3 heterocycles. The van der Waals surface area contributed by atoms with Crippen LogP contribution in [0.1, 0.15) is 23.8 Å². The molecule has 1 fully saturated rings. The quantitative estimate of drug-likeness (QED) is 0.836. The molecular weight excluding hydrogens is 270 g/mol. The Balaban J connectivity index is 1.84. The van der Waals surface area contributed by atoms with Crippen LogP contribution in [0.25, 0.3) is 5.52 Å². The first-order valence-corrected chi connectivity index (χ1v) is 7.16. The maximum Gasteiger partial charge on any atom is 0.274 e. The van der Waals surface area contributed by atoms with Crippen LogP contribution in [0.2, 0.25) is 0 Å². The molecule has 3 rings (SSSR count). The summed E-state index contributed by atoms with van der Waals surface area (Å²) in [5, 5.41) is 4.19. The highest BCUT2D eigenvalue weighted by atomic mass is 16.2. The Morgan fingerprint density at radius 2 is 2.33 bits per heavy atom. The number of fused-ring (bicyclic) bond motifs is 1. The molecule has 0 saturated carbocycles.